The summed E-state index contributed by atoms with van der Waals surface area (Å²) < 4.78 is 7.49. The van der Waals surface area contributed by atoms with E-state index in [9.17, 15) is 4.79 Å². The number of carbonyl (C=O) groups is 1. The number of hydrogen-bond acceptors (Lipinski definition) is 4. The summed E-state index contributed by atoms with van der Waals surface area (Å²) in [5, 5.41) is 10.1. The summed E-state index contributed by atoms with van der Waals surface area (Å²) >= 11 is 7.44. The monoisotopic (exact) mass is 328 g/mol. The first-order chi connectivity index (χ1) is 9.99. The quantitative estimate of drug-likeness (QED) is 0.790. The van der Waals surface area contributed by atoms with Crippen molar-refractivity contribution in [2.45, 2.75) is 31.7 Å². The fourth-order valence-electron chi connectivity index (χ4n) is 1.94. The zero-order valence-electron chi connectivity index (χ0n) is 11.9. The van der Waals surface area contributed by atoms with E-state index in [-0.39, 0.29) is 11.9 Å². The molecule has 0 spiro atoms. The second-order valence-corrected chi connectivity index (χ2v) is 6.11. The van der Waals surface area contributed by atoms with Gasteiger partial charge in [-0.1, -0.05) is 29.4 Å². The highest BCUT2D eigenvalue weighted by atomic mass is 35.5. The number of thioether (sulfide) groups is 1. The summed E-state index contributed by atoms with van der Waals surface area (Å²) in [7, 11) is 0. The second-order valence-electron chi connectivity index (χ2n) is 4.76. The fraction of sp³-hybridized carbons (Fsp3) is 0.429. The Bertz CT molecular complexity index is 642. The van der Waals surface area contributed by atoms with E-state index in [2.05, 4.69) is 4.98 Å². The number of imidazole rings is 1. The lowest BCUT2D eigenvalue weighted by Crippen LogP contribution is -2.12. The standard InChI is InChI=1S/C14H17ClN2O3S/c1-9(2)20-7-6-17-13-10(15)4-3-5-11(13)16-14(17)21-8-12(18)19/h3-5,9H,6-8H2,1-2H3,(H,18,19). The number of rotatable bonds is 7. The van der Waals surface area contributed by atoms with Crippen LogP contribution in [0.3, 0.4) is 0 Å². The molecule has 1 heterocycles. The van der Waals surface area contributed by atoms with E-state index in [1.54, 1.807) is 6.07 Å². The van der Waals surface area contributed by atoms with Gasteiger partial charge in [-0.2, -0.15) is 0 Å². The number of carboxylic acid groups (broad SMARTS) is 1. The van der Waals surface area contributed by atoms with Gasteiger partial charge in [-0.15, -0.1) is 0 Å². The first-order valence-electron chi connectivity index (χ1n) is 6.60. The van der Waals surface area contributed by atoms with E-state index in [4.69, 9.17) is 21.4 Å². The van der Waals surface area contributed by atoms with Crippen molar-refractivity contribution in [2.75, 3.05) is 12.4 Å². The molecule has 1 aromatic carbocycles. The molecule has 2 rings (SSSR count). The van der Waals surface area contributed by atoms with E-state index < -0.39 is 5.97 Å². The third-order valence-corrected chi connectivity index (χ3v) is 4.04. The second kappa shape index (κ2) is 7.15. The highest BCUT2D eigenvalue weighted by molar-refractivity contribution is 7.99. The number of hydrogen-bond donors (Lipinski definition) is 1. The van der Waals surface area contributed by atoms with E-state index in [0.29, 0.717) is 23.3 Å². The molecule has 1 aromatic heterocycles. The largest absolute Gasteiger partial charge is 0.481 e. The molecular weight excluding hydrogens is 312 g/mol. The molecule has 0 saturated carbocycles. The molecule has 1 N–H and O–H groups in total. The molecule has 7 heteroatoms. The molecule has 0 atom stereocenters. The smallest absolute Gasteiger partial charge is 0.313 e. The van der Waals surface area contributed by atoms with Crippen LogP contribution in [0.5, 0.6) is 0 Å². The van der Waals surface area contributed by atoms with Gasteiger partial charge in [-0.25, -0.2) is 4.98 Å². The van der Waals surface area contributed by atoms with E-state index in [1.807, 2.05) is 30.5 Å². The Hall–Kier alpha value is -1.24. The first-order valence-corrected chi connectivity index (χ1v) is 7.96. The number of ether oxygens (including phenoxy) is 1. The SMILES string of the molecule is CC(C)OCCn1c(SCC(=O)O)nc2cccc(Cl)c21. The van der Waals surface area contributed by atoms with Crippen LogP contribution in [-0.4, -0.2) is 39.1 Å². The van der Waals surface area contributed by atoms with Gasteiger partial charge in [0.2, 0.25) is 0 Å². The minimum Gasteiger partial charge on any atom is -0.481 e. The van der Waals surface area contributed by atoms with Crippen molar-refractivity contribution in [1.29, 1.82) is 0 Å². The maximum Gasteiger partial charge on any atom is 0.313 e. The third kappa shape index (κ3) is 4.12. The van der Waals surface area contributed by atoms with Crippen LogP contribution in [0.1, 0.15) is 13.8 Å². The van der Waals surface area contributed by atoms with Crippen molar-refractivity contribution in [3.05, 3.63) is 23.2 Å². The topological polar surface area (TPSA) is 64.3 Å². The van der Waals surface area contributed by atoms with Crippen LogP contribution >= 0.6 is 23.4 Å². The van der Waals surface area contributed by atoms with Crippen LogP contribution in [0, 0.1) is 0 Å². The van der Waals surface area contributed by atoms with Gasteiger partial charge in [0.1, 0.15) is 0 Å². The number of aliphatic carboxylic acids is 1. The van der Waals surface area contributed by atoms with Gasteiger partial charge >= 0.3 is 5.97 Å². The van der Waals surface area contributed by atoms with E-state index >= 15 is 0 Å². The minimum absolute atomic E-state index is 0.0357. The van der Waals surface area contributed by atoms with Crippen LogP contribution in [0.2, 0.25) is 5.02 Å². The van der Waals surface area contributed by atoms with Crippen LogP contribution < -0.4 is 0 Å². The fourth-order valence-corrected chi connectivity index (χ4v) is 2.97. The molecule has 0 radical (unpaired) electrons. The van der Waals surface area contributed by atoms with Crippen molar-refractivity contribution in [3.63, 3.8) is 0 Å². The van der Waals surface area contributed by atoms with Crippen LogP contribution in [-0.2, 0) is 16.1 Å². The number of benzene rings is 1. The Kier molecular flexibility index (Phi) is 5.50. The maximum absolute atomic E-state index is 10.8. The average molecular weight is 329 g/mol. The summed E-state index contributed by atoms with van der Waals surface area (Å²) in [4.78, 5) is 15.2. The lowest BCUT2D eigenvalue weighted by atomic mass is 10.3. The molecule has 114 valence electrons. The third-order valence-electron chi connectivity index (χ3n) is 2.77. The molecule has 0 bridgehead atoms. The Morgan fingerprint density at radius 1 is 1.52 bits per heavy atom. The normalized spacial score (nSPS) is 11.4. The summed E-state index contributed by atoms with van der Waals surface area (Å²) in [6, 6.07) is 5.50. The molecule has 0 aliphatic rings. The molecule has 21 heavy (non-hydrogen) atoms. The van der Waals surface area contributed by atoms with Gasteiger partial charge in [0.05, 0.1) is 34.5 Å². The maximum atomic E-state index is 10.8. The number of para-hydroxylation sites is 1. The molecular formula is C14H17ClN2O3S. The van der Waals surface area contributed by atoms with Gasteiger partial charge in [0.25, 0.3) is 0 Å². The highest BCUT2D eigenvalue weighted by Crippen LogP contribution is 2.29. The molecule has 0 unspecified atom stereocenters. The van der Waals surface area contributed by atoms with Gasteiger partial charge in [-0.05, 0) is 26.0 Å². The molecule has 5 nitrogen and oxygen atoms in total. The lowest BCUT2D eigenvalue weighted by molar-refractivity contribution is -0.133. The zero-order chi connectivity index (χ0) is 15.4. The van der Waals surface area contributed by atoms with Crippen molar-refractivity contribution in [1.82, 2.24) is 9.55 Å². The Morgan fingerprint density at radius 3 is 2.95 bits per heavy atom. The average Bonchev–Trinajstić information content (AvgIpc) is 2.75. The highest BCUT2D eigenvalue weighted by Gasteiger charge is 2.15. The van der Waals surface area contributed by atoms with Gasteiger partial charge in [-0.3, -0.25) is 4.79 Å². The number of nitrogens with zero attached hydrogens (tertiary/aromatic N) is 2. The summed E-state index contributed by atoms with van der Waals surface area (Å²) in [6.45, 7) is 5.05. The Balaban J connectivity index is 2.31. The molecule has 0 amide bonds. The molecule has 2 aromatic rings. The number of aromatic nitrogens is 2. The molecule has 0 aliphatic heterocycles. The first kappa shape index (κ1) is 16.1. The van der Waals surface area contributed by atoms with Crippen molar-refractivity contribution in [3.8, 4) is 0 Å². The van der Waals surface area contributed by atoms with Crippen LogP contribution in [0.25, 0.3) is 11.0 Å². The van der Waals surface area contributed by atoms with Crippen LogP contribution in [0.4, 0.5) is 0 Å². The molecule has 0 fully saturated rings. The summed E-state index contributed by atoms with van der Waals surface area (Å²) in [5.74, 6) is -0.908. The minimum atomic E-state index is -0.872. The van der Waals surface area contributed by atoms with Gasteiger partial charge < -0.3 is 14.4 Å². The number of fused-ring (bicyclic) bond motifs is 1. The van der Waals surface area contributed by atoms with E-state index in [0.717, 1.165) is 11.0 Å². The molecule has 0 saturated heterocycles. The van der Waals surface area contributed by atoms with E-state index in [1.165, 1.54) is 11.8 Å². The Morgan fingerprint density at radius 2 is 2.29 bits per heavy atom. The van der Waals surface area contributed by atoms with Crippen molar-refractivity contribution >= 4 is 40.4 Å². The van der Waals surface area contributed by atoms with Gasteiger partial charge in [0, 0.05) is 6.54 Å². The number of halogens is 1. The zero-order valence-corrected chi connectivity index (χ0v) is 13.4. The summed E-state index contributed by atoms with van der Waals surface area (Å²) in [5.41, 5.74) is 1.58. The Labute approximate surface area is 132 Å². The summed E-state index contributed by atoms with van der Waals surface area (Å²) in [6.07, 6.45) is 0.144. The lowest BCUT2D eigenvalue weighted by Gasteiger charge is -2.11. The predicted octanol–water partition coefficient (Wildman–Crippen LogP) is 3.29. The number of carboxylic acids is 1. The van der Waals surface area contributed by atoms with Crippen LogP contribution in [0.15, 0.2) is 23.4 Å². The molecule has 0 aliphatic carbocycles. The van der Waals surface area contributed by atoms with Crippen molar-refractivity contribution < 1.29 is 14.6 Å². The van der Waals surface area contributed by atoms with Crippen molar-refractivity contribution in [2.24, 2.45) is 0 Å². The van der Waals surface area contributed by atoms with Gasteiger partial charge in [0.15, 0.2) is 5.16 Å². The predicted molar refractivity (Wildman–Crippen MR) is 84.2 cm³/mol.